The minimum atomic E-state index is -1.65. The molecule has 8 heteroatoms. The van der Waals surface area contributed by atoms with Crippen LogP contribution in [-0.2, 0) is 4.74 Å². The second-order valence-corrected chi connectivity index (χ2v) is 4.09. The number of anilines is 2. The Morgan fingerprint density at radius 2 is 2.28 bits per heavy atom. The van der Waals surface area contributed by atoms with E-state index in [1.807, 2.05) is 0 Å². The maximum Gasteiger partial charge on any atom is 0.173 e. The van der Waals surface area contributed by atoms with Crippen molar-refractivity contribution in [2.24, 2.45) is 0 Å². The summed E-state index contributed by atoms with van der Waals surface area (Å²) in [6, 6.07) is 0. The van der Waals surface area contributed by atoms with Crippen LogP contribution in [0.25, 0.3) is 0 Å². The highest BCUT2D eigenvalue weighted by atomic mass is 19.1. The van der Waals surface area contributed by atoms with E-state index in [-0.39, 0.29) is 5.82 Å². The number of nitrogen functional groups attached to an aromatic ring is 1. The van der Waals surface area contributed by atoms with Crippen LogP contribution in [0.3, 0.4) is 0 Å². The molecule has 1 aromatic heterocycles. The molecular weight excluding hydrogens is 243 g/mol. The monoisotopic (exact) mass is 258 g/mol. The van der Waals surface area contributed by atoms with Gasteiger partial charge in [0.1, 0.15) is 30.2 Å². The second kappa shape index (κ2) is 5.01. The quantitative estimate of drug-likeness (QED) is 0.561. The number of ether oxygens (including phenoxy) is 1. The summed E-state index contributed by atoms with van der Waals surface area (Å²) in [5, 5.41) is 21.1. The zero-order valence-corrected chi connectivity index (χ0v) is 9.75. The molecule has 5 N–H and O–H groups in total. The zero-order valence-electron chi connectivity index (χ0n) is 9.75. The summed E-state index contributed by atoms with van der Waals surface area (Å²) < 4.78 is 18.9. The van der Waals surface area contributed by atoms with Gasteiger partial charge >= 0.3 is 0 Å². The van der Waals surface area contributed by atoms with E-state index in [2.05, 4.69) is 15.3 Å². The maximum atomic E-state index is 13.7. The van der Waals surface area contributed by atoms with Crippen LogP contribution in [0.15, 0.2) is 6.33 Å². The minimum Gasteiger partial charge on any atom is -0.394 e. The van der Waals surface area contributed by atoms with Crippen molar-refractivity contribution in [1.82, 2.24) is 9.97 Å². The first-order valence-electron chi connectivity index (χ1n) is 5.46. The SMILES string of the molecule is Cc1c(N)ncnc1N[C@@H]1O[C@H](CO)[C@@H](O)[C@H]1F. The Kier molecular flexibility index (Phi) is 3.60. The van der Waals surface area contributed by atoms with Gasteiger partial charge in [-0.1, -0.05) is 0 Å². The summed E-state index contributed by atoms with van der Waals surface area (Å²) in [7, 11) is 0. The highest BCUT2D eigenvalue weighted by Crippen LogP contribution is 2.26. The molecule has 18 heavy (non-hydrogen) atoms. The van der Waals surface area contributed by atoms with Gasteiger partial charge in [0.15, 0.2) is 12.4 Å². The molecule has 100 valence electrons. The number of nitrogens with zero attached hydrogens (tertiary/aromatic N) is 2. The molecule has 1 aliphatic heterocycles. The first kappa shape index (κ1) is 12.9. The second-order valence-electron chi connectivity index (χ2n) is 4.09. The van der Waals surface area contributed by atoms with Crippen LogP contribution in [0, 0.1) is 6.92 Å². The van der Waals surface area contributed by atoms with Crippen molar-refractivity contribution in [3.63, 3.8) is 0 Å². The highest BCUT2D eigenvalue weighted by Gasteiger charge is 2.44. The molecule has 4 atom stereocenters. The topological polar surface area (TPSA) is 114 Å². The lowest BCUT2D eigenvalue weighted by molar-refractivity contribution is -0.0151. The van der Waals surface area contributed by atoms with Crippen LogP contribution in [0.4, 0.5) is 16.0 Å². The minimum absolute atomic E-state index is 0.278. The van der Waals surface area contributed by atoms with Gasteiger partial charge < -0.3 is 26.0 Å². The molecule has 0 aliphatic carbocycles. The van der Waals surface area contributed by atoms with E-state index in [9.17, 15) is 9.50 Å². The summed E-state index contributed by atoms with van der Waals surface area (Å²) in [5.41, 5.74) is 6.16. The van der Waals surface area contributed by atoms with Crippen LogP contribution < -0.4 is 11.1 Å². The third-order valence-electron chi connectivity index (χ3n) is 2.90. The van der Waals surface area contributed by atoms with Crippen molar-refractivity contribution in [2.45, 2.75) is 31.5 Å². The van der Waals surface area contributed by atoms with Gasteiger partial charge in [-0.05, 0) is 6.92 Å². The molecule has 1 fully saturated rings. The van der Waals surface area contributed by atoms with Gasteiger partial charge in [-0.25, -0.2) is 14.4 Å². The van der Waals surface area contributed by atoms with Crippen LogP contribution >= 0.6 is 0 Å². The molecule has 7 nitrogen and oxygen atoms in total. The largest absolute Gasteiger partial charge is 0.394 e. The summed E-state index contributed by atoms with van der Waals surface area (Å²) in [5.74, 6) is 0.612. The van der Waals surface area contributed by atoms with Crippen molar-refractivity contribution in [3.8, 4) is 0 Å². The normalized spacial score (nSPS) is 31.6. The third kappa shape index (κ3) is 2.22. The lowest BCUT2D eigenvalue weighted by Gasteiger charge is -2.17. The Morgan fingerprint density at radius 3 is 2.89 bits per heavy atom. The molecule has 0 aromatic carbocycles. The van der Waals surface area contributed by atoms with Crippen LogP contribution in [-0.4, -0.2) is 51.4 Å². The van der Waals surface area contributed by atoms with E-state index < -0.39 is 31.2 Å². The number of aliphatic hydroxyl groups excluding tert-OH is 2. The van der Waals surface area contributed by atoms with Gasteiger partial charge in [-0.3, -0.25) is 0 Å². The summed E-state index contributed by atoms with van der Waals surface area (Å²) in [4.78, 5) is 7.70. The van der Waals surface area contributed by atoms with Crippen molar-refractivity contribution in [2.75, 3.05) is 17.7 Å². The summed E-state index contributed by atoms with van der Waals surface area (Å²) >= 11 is 0. The van der Waals surface area contributed by atoms with Crippen molar-refractivity contribution < 1.29 is 19.3 Å². The fraction of sp³-hybridized carbons (Fsp3) is 0.600. The number of hydrogen-bond acceptors (Lipinski definition) is 7. The van der Waals surface area contributed by atoms with E-state index in [1.54, 1.807) is 6.92 Å². The highest BCUT2D eigenvalue weighted by molar-refractivity contribution is 5.54. The Bertz CT molecular complexity index is 434. The van der Waals surface area contributed by atoms with Crippen molar-refractivity contribution in [3.05, 3.63) is 11.9 Å². The van der Waals surface area contributed by atoms with Gasteiger partial charge in [0.25, 0.3) is 0 Å². The number of rotatable bonds is 3. The van der Waals surface area contributed by atoms with Crippen molar-refractivity contribution in [1.29, 1.82) is 0 Å². The Balaban J connectivity index is 2.13. The van der Waals surface area contributed by atoms with Gasteiger partial charge in [-0.15, -0.1) is 0 Å². The molecule has 1 saturated heterocycles. The van der Waals surface area contributed by atoms with Crippen LogP contribution in [0.2, 0.25) is 0 Å². The summed E-state index contributed by atoms with van der Waals surface area (Å²) in [6.07, 6.45) is -3.81. The predicted molar refractivity (Wildman–Crippen MR) is 61.5 cm³/mol. The van der Waals surface area contributed by atoms with Gasteiger partial charge in [0, 0.05) is 5.56 Å². The number of aromatic nitrogens is 2. The van der Waals surface area contributed by atoms with Gasteiger partial charge in [0.2, 0.25) is 0 Å². The Morgan fingerprint density at radius 1 is 1.56 bits per heavy atom. The van der Waals surface area contributed by atoms with Crippen LogP contribution in [0.1, 0.15) is 5.56 Å². The Labute approximate surface area is 103 Å². The Hall–Kier alpha value is -1.51. The fourth-order valence-corrected chi connectivity index (χ4v) is 1.74. The smallest absolute Gasteiger partial charge is 0.173 e. The molecule has 1 aromatic rings. The number of aliphatic hydroxyl groups is 2. The lowest BCUT2D eigenvalue weighted by Crippen LogP contribution is -2.33. The zero-order chi connectivity index (χ0) is 13.3. The van der Waals surface area contributed by atoms with Gasteiger partial charge in [0.05, 0.1) is 6.61 Å². The van der Waals surface area contributed by atoms with E-state index >= 15 is 0 Å². The average molecular weight is 258 g/mol. The van der Waals surface area contributed by atoms with E-state index in [0.29, 0.717) is 11.4 Å². The molecule has 0 bridgehead atoms. The third-order valence-corrected chi connectivity index (χ3v) is 2.90. The molecular formula is C10H15FN4O3. The number of nitrogens with two attached hydrogens (primary N) is 1. The number of alkyl halides is 1. The number of hydrogen-bond donors (Lipinski definition) is 4. The lowest BCUT2D eigenvalue weighted by atomic mass is 10.1. The average Bonchev–Trinajstić information content (AvgIpc) is 2.63. The molecule has 1 aliphatic rings. The van der Waals surface area contributed by atoms with Crippen LogP contribution in [0.5, 0.6) is 0 Å². The van der Waals surface area contributed by atoms with E-state index in [4.69, 9.17) is 15.6 Å². The fourth-order valence-electron chi connectivity index (χ4n) is 1.74. The van der Waals surface area contributed by atoms with Crippen molar-refractivity contribution >= 4 is 11.6 Å². The molecule has 0 spiro atoms. The number of nitrogens with one attached hydrogen (secondary N) is 1. The molecule has 0 radical (unpaired) electrons. The maximum absolute atomic E-state index is 13.7. The van der Waals surface area contributed by atoms with E-state index in [0.717, 1.165) is 0 Å². The predicted octanol–water partition coefficient (Wildman–Crippen LogP) is -0.805. The molecule has 2 heterocycles. The first-order chi connectivity index (χ1) is 8.54. The standard InChI is InChI=1S/C10H15FN4O3/c1-4-8(12)13-3-14-9(4)15-10-6(11)7(17)5(2-16)18-10/h3,5-7,10,16-17H,2H2,1H3,(H3,12,13,14,15)/t5-,6-,7-,10-/m1/s1. The molecule has 0 amide bonds. The molecule has 2 rings (SSSR count). The molecule has 0 saturated carbocycles. The molecule has 0 unspecified atom stereocenters. The summed E-state index contributed by atoms with van der Waals surface area (Å²) in [6.45, 7) is 1.23. The van der Waals surface area contributed by atoms with E-state index in [1.165, 1.54) is 6.33 Å². The van der Waals surface area contributed by atoms with Gasteiger partial charge in [-0.2, -0.15) is 0 Å². The first-order valence-corrected chi connectivity index (χ1v) is 5.46. The number of halogens is 1.